The van der Waals surface area contributed by atoms with E-state index in [1.807, 2.05) is 6.92 Å². The lowest BCUT2D eigenvalue weighted by molar-refractivity contribution is 0.290. The molecule has 1 aliphatic carbocycles. The van der Waals surface area contributed by atoms with Crippen molar-refractivity contribution in [3.05, 3.63) is 0 Å². The van der Waals surface area contributed by atoms with Crippen LogP contribution >= 0.6 is 0 Å². The average molecular weight is 192 g/mol. The molecule has 0 heterocycles. The molecule has 0 amide bonds. The van der Waals surface area contributed by atoms with Gasteiger partial charge in [0.1, 0.15) is 0 Å². The maximum Gasteiger partial charge on any atom is 0.268 e. The molecule has 0 saturated heterocycles. The summed E-state index contributed by atoms with van der Waals surface area (Å²) in [4.78, 5) is 0. The quantitative estimate of drug-likeness (QED) is 0.643. The van der Waals surface area contributed by atoms with E-state index in [4.69, 9.17) is 4.55 Å². The predicted octanol–water partition coefficient (Wildman–Crippen LogP) is 1.70. The molecule has 1 fully saturated rings. The monoisotopic (exact) mass is 192 g/mol. The fourth-order valence-corrected chi connectivity index (χ4v) is 3.21. The normalized spacial score (nSPS) is 38.1. The molecule has 1 aliphatic rings. The molecule has 0 spiro atoms. The van der Waals surface area contributed by atoms with Gasteiger partial charge in [0.15, 0.2) is 0 Å². The van der Waals surface area contributed by atoms with Gasteiger partial charge in [-0.1, -0.05) is 13.8 Å². The van der Waals surface area contributed by atoms with E-state index in [-0.39, 0.29) is 5.92 Å². The maximum absolute atomic E-state index is 10.9. The second kappa shape index (κ2) is 3.34. The maximum atomic E-state index is 10.9. The van der Waals surface area contributed by atoms with Gasteiger partial charge in [-0.2, -0.15) is 8.42 Å². The lowest BCUT2D eigenvalue weighted by atomic mass is 9.83. The lowest BCUT2D eigenvalue weighted by Crippen LogP contribution is -2.33. The van der Waals surface area contributed by atoms with E-state index in [0.29, 0.717) is 12.3 Å². The Morgan fingerprint density at radius 2 is 1.83 bits per heavy atom. The molecule has 0 aromatic carbocycles. The summed E-state index contributed by atoms with van der Waals surface area (Å²) in [6.07, 6.45) is 2.43. The van der Waals surface area contributed by atoms with Crippen molar-refractivity contribution in [3.63, 3.8) is 0 Å². The molecule has 0 aromatic heterocycles. The number of hydrogen-bond donors (Lipinski definition) is 1. The fourth-order valence-electron chi connectivity index (χ4n) is 2.08. The molecule has 1 rings (SSSR count). The highest BCUT2D eigenvalue weighted by atomic mass is 32.2. The highest BCUT2D eigenvalue weighted by Gasteiger charge is 2.33. The summed E-state index contributed by atoms with van der Waals surface area (Å²) in [5, 5.41) is -0.520. The van der Waals surface area contributed by atoms with Crippen molar-refractivity contribution in [2.24, 2.45) is 11.8 Å². The Morgan fingerprint density at radius 3 is 2.25 bits per heavy atom. The van der Waals surface area contributed by atoms with Gasteiger partial charge in [-0.25, -0.2) is 0 Å². The Hall–Kier alpha value is -0.0900. The topological polar surface area (TPSA) is 54.4 Å². The van der Waals surface area contributed by atoms with Crippen molar-refractivity contribution in [1.29, 1.82) is 0 Å². The summed E-state index contributed by atoms with van der Waals surface area (Å²) >= 11 is 0. The van der Waals surface area contributed by atoms with E-state index in [1.165, 1.54) is 0 Å². The van der Waals surface area contributed by atoms with E-state index in [0.717, 1.165) is 12.8 Å². The molecule has 1 saturated carbocycles. The minimum atomic E-state index is -3.80. The Balaban J connectivity index is 2.69. The first-order valence-electron chi connectivity index (χ1n) is 4.37. The standard InChI is InChI=1S/C8H16O3S/c1-6-3-4-8(7(2)5-6)12(9,10)11/h6-8H,3-5H2,1-2H3,(H,9,10,11). The molecular weight excluding hydrogens is 176 g/mol. The minimum absolute atomic E-state index is 0.101. The van der Waals surface area contributed by atoms with E-state index in [2.05, 4.69) is 6.92 Å². The van der Waals surface area contributed by atoms with Crippen molar-refractivity contribution < 1.29 is 13.0 Å². The van der Waals surface area contributed by atoms with Gasteiger partial charge in [0.25, 0.3) is 10.1 Å². The van der Waals surface area contributed by atoms with E-state index in [9.17, 15) is 8.42 Å². The third kappa shape index (κ3) is 2.20. The zero-order chi connectivity index (χ0) is 9.35. The van der Waals surface area contributed by atoms with Crippen molar-refractivity contribution in [2.75, 3.05) is 0 Å². The lowest BCUT2D eigenvalue weighted by Gasteiger charge is -2.30. The smallest absolute Gasteiger partial charge is 0.268 e. The van der Waals surface area contributed by atoms with Crippen LogP contribution in [-0.4, -0.2) is 18.2 Å². The Morgan fingerprint density at radius 1 is 1.25 bits per heavy atom. The van der Waals surface area contributed by atoms with Crippen LogP contribution in [0.5, 0.6) is 0 Å². The van der Waals surface area contributed by atoms with E-state index < -0.39 is 15.4 Å². The van der Waals surface area contributed by atoms with Crippen LogP contribution in [0.4, 0.5) is 0 Å². The summed E-state index contributed by atoms with van der Waals surface area (Å²) in [5.74, 6) is 0.696. The van der Waals surface area contributed by atoms with Crippen molar-refractivity contribution in [3.8, 4) is 0 Å². The van der Waals surface area contributed by atoms with Crippen molar-refractivity contribution >= 4 is 10.1 Å². The fraction of sp³-hybridized carbons (Fsp3) is 1.00. The Labute approximate surface area is 73.9 Å². The molecule has 3 nitrogen and oxygen atoms in total. The van der Waals surface area contributed by atoms with Crippen LogP contribution in [0.15, 0.2) is 0 Å². The summed E-state index contributed by atoms with van der Waals surface area (Å²) in [6.45, 7) is 4.02. The summed E-state index contributed by atoms with van der Waals surface area (Å²) in [7, 11) is -3.80. The van der Waals surface area contributed by atoms with Crippen molar-refractivity contribution in [1.82, 2.24) is 0 Å². The van der Waals surface area contributed by atoms with Gasteiger partial charge < -0.3 is 0 Å². The second-order valence-electron chi connectivity index (χ2n) is 3.95. The highest BCUT2D eigenvalue weighted by Crippen LogP contribution is 2.32. The largest absolute Gasteiger partial charge is 0.285 e. The predicted molar refractivity (Wildman–Crippen MR) is 47.5 cm³/mol. The molecule has 0 aliphatic heterocycles. The van der Waals surface area contributed by atoms with Gasteiger partial charge >= 0.3 is 0 Å². The van der Waals surface area contributed by atoms with Gasteiger partial charge in [-0.15, -0.1) is 0 Å². The molecule has 4 heteroatoms. The molecule has 3 atom stereocenters. The molecule has 0 aromatic rings. The average Bonchev–Trinajstić information content (AvgIpc) is 1.83. The van der Waals surface area contributed by atoms with Crippen LogP contribution in [0.25, 0.3) is 0 Å². The molecule has 72 valence electrons. The van der Waals surface area contributed by atoms with E-state index in [1.54, 1.807) is 0 Å². The first-order chi connectivity index (χ1) is 5.41. The third-order valence-corrected chi connectivity index (χ3v) is 4.20. The zero-order valence-corrected chi connectivity index (χ0v) is 8.34. The first kappa shape index (κ1) is 9.99. The van der Waals surface area contributed by atoms with Crippen LogP contribution in [0, 0.1) is 11.8 Å². The van der Waals surface area contributed by atoms with Gasteiger partial charge in [0, 0.05) is 0 Å². The van der Waals surface area contributed by atoms with Gasteiger partial charge in [-0.3, -0.25) is 4.55 Å². The van der Waals surface area contributed by atoms with E-state index >= 15 is 0 Å². The molecule has 12 heavy (non-hydrogen) atoms. The molecular formula is C8H16O3S. The molecule has 0 bridgehead atoms. The van der Waals surface area contributed by atoms with Gasteiger partial charge in [0.2, 0.25) is 0 Å². The molecule has 3 unspecified atom stereocenters. The highest BCUT2D eigenvalue weighted by molar-refractivity contribution is 7.86. The van der Waals surface area contributed by atoms with Crippen LogP contribution < -0.4 is 0 Å². The van der Waals surface area contributed by atoms with Crippen LogP contribution in [0.3, 0.4) is 0 Å². The van der Waals surface area contributed by atoms with Crippen LogP contribution in [0.2, 0.25) is 0 Å². The SMILES string of the molecule is CC1CCC(S(=O)(=O)O)C(C)C1. The van der Waals surface area contributed by atoms with Gasteiger partial charge in [-0.05, 0) is 31.1 Å². The van der Waals surface area contributed by atoms with Gasteiger partial charge in [0.05, 0.1) is 5.25 Å². The Kier molecular flexibility index (Phi) is 2.78. The Bertz CT molecular complexity index is 245. The zero-order valence-electron chi connectivity index (χ0n) is 7.53. The minimum Gasteiger partial charge on any atom is -0.285 e. The van der Waals surface area contributed by atoms with Crippen LogP contribution in [-0.2, 0) is 10.1 Å². The molecule has 0 radical (unpaired) electrons. The summed E-state index contributed by atoms with van der Waals surface area (Å²) < 4.78 is 30.6. The van der Waals surface area contributed by atoms with Crippen LogP contribution in [0.1, 0.15) is 33.1 Å². The first-order valence-corrected chi connectivity index (χ1v) is 5.88. The number of rotatable bonds is 1. The molecule has 1 N–H and O–H groups in total. The number of hydrogen-bond acceptors (Lipinski definition) is 2. The summed E-state index contributed by atoms with van der Waals surface area (Å²) in [6, 6.07) is 0. The summed E-state index contributed by atoms with van der Waals surface area (Å²) in [5.41, 5.74) is 0. The third-order valence-electron chi connectivity index (χ3n) is 2.74. The van der Waals surface area contributed by atoms with Crippen molar-refractivity contribution in [2.45, 2.75) is 38.4 Å². The second-order valence-corrected chi connectivity index (χ2v) is 5.58.